The molecule has 0 aliphatic carbocycles. The van der Waals surface area contributed by atoms with Crippen LogP contribution in [0.4, 0.5) is 10.8 Å². The van der Waals surface area contributed by atoms with Gasteiger partial charge in [-0.1, -0.05) is 17.7 Å². The van der Waals surface area contributed by atoms with Gasteiger partial charge in [-0.3, -0.25) is 9.59 Å². The quantitative estimate of drug-likeness (QED) is 0.654. The van der Waals surface area contributed by atoms with Gasteiger partial charge in [-0.15, -0.1) is 11.3 Å². The summed E-state index contributed by atoms with van der Waals surface area (Å²) in [4.78, 5) is 29.4. The van der Waals surface area contributed by atoms with Gasteiger partial charge in [0.1, 0.15) is 6.10 Å². The first-order valence-electron chi connectivity index (χ1n) is 8.55. The van der Waals surface area contributed by atoms with E-state index in [1.807, 2.05) is 36.6 Å². The smallest absolute Gasteiger partial charge is 0.324 e. The normalized spacial score (nSPS) is 30.5. The molecule has 0 unspecified atom stereocenters. The van der Waals surface area contributed by atoms with E-state index < -0.39 is 23.0 Å². The molecular weight excluding hydrogens is 352 g/mol. The summed E-state index contributed by atoms with van der Waals surface area (Å²) >= 11 is 1.44. The Morgan fingerprint density at radius 2 is 1.96 bits per heavy atom. The summed E-state index contributed by atoms with van der Waals surface area (Å²) < 4.78 is 10.9. The van der Waals surface area contributed by atoms with Crippen LogP contribution >= 0.6 is 11.3 Å². The van der Waals surface area contributed by atoms with Crippen molar-refractivity contribution in [3.8, 4) is 0 Å². The van der Waals surface area contributed by atoms with E-state index in [4.69, 9.17) is 9.47 Å². The summed E-state index contributed by atoms with van der Waals surface area (Å²) in [6, 6.07) is 8.01. The van der Waals surface area contributed by atoms with Crippen molar-refractivity contribution in [2.45, 2.75) is 45.3 Å². The molecule has 7 heteroatoms. The van der Waals surface area contributed by atoms with Gasteiger partial charge in [-0.05, 0) is 32.9 Å². The zero-order valence-electron chi connectivity index (χ0n) is 14.9. The second-order valence-corrected chi connectivity index (χ2v) is 8.19. The van der Waals surface area contributed by atoms with E-state index in [2.05, 4.69) is 10.3 Å². The molecule has 6 nitrogen and oxygen atoms in total. The highest BCUT2D eigenvalue weighted by Crippen LogP contribution is 2.52. The minimum Gasteiger partial charge on any atom is -0.462 e. The third-order valence-electron chi connectivity index (χ3n) is 5.03. The number of carbonyl (C=O) groups excluding carboxylic acids is 2. The molecule has 2 aromatic rings. The van der Waals surface area contributed by atoms with E-state index in [0.29, 0.717) is 17.2 Å². The molecule has 1 spiro atoms. The van der Waals surface area contributed by atoms with Gasteiger partial charge in [-0.2, -0.15) is 0 Å². The van der Waals surface area contributed by atoms with Gasteiger partial charge >= 0.3 is 11.9 Å². The lowest BCUT2D eigenvalue weighted by atomic mass is 9.78. The van der Waals surface area contributed by atoms with Crippen molar-refractivity contribution < 1.29 is 19.1 Å². The summed E-state index contributed by atoms with van der Waals surface area (Å²) in [6.07, 6.45) is 0.348. The molecule has 2 saturated heterocycles. The third-order valence-corrected chi connectivity index (χ3v) is 5.79. The Morgan fingerprint density at radius 1 is 1.23 bits per heavy atom. The summed E-state index contributed by atoms with van der Waals surface area (Å²) in [5.74, 6) is -0.984. The molecule has 1 aromatic carbocycles. The summed E-state index contributed by atoms with van der Waals surface area (Å²) in [6.45, 7) is 5.63. The fraction of sp³-hybridized carbons (Fsp3) is 0.421. The van der Waals surface area contributed by atoms with Gasteiger partial charge in [0.25, 0.3) is 0 Å². The Hall–Kier alpha value is -2.41. The highest BCUT2D eigenvalue weighted by molar-refractivity contribution is 7.13. The molecule has 2 aliphatic rings. The third kappa shape index (κ3) is 2.67. The number of cyclic esters (lactones) is 2. The van der Waals surface area contributed by atoms with Gasteiger partial charge in [-0.25, -0.2) is 4.98 Å². The standard InChI is InChI=1S/C19H20N2O4S/c1-11-4-6-13(7-5-11)20-17-21-14(9-26-17)18(3)10-19(16(23)25-18)8-12(2)24-15(19)22/h4-7,9,12H,8,10H2,1-3H3,(H,20,21)/t12-,18+,19+/m0/s1. The van der Waals surface area contributed by atoms with Crippen LogP contribution in [0, 0.1) is 12.3 Å². The number of nitrogens with zero attached hydrogens (tertiary/aromatic N) is 1. The molecule has 26 heavy (non-hydrogen) atoms. The van der Waals surface area contributed by atoms with Crippen LogP contribution < -0.4 is 5.32 Å². The molecule has 2 aliphatic heterocycles. The average Bonchev–Trinajstić information content (AvgIpc) is 3.22. The Bertz CT molecular complexity index is 878. The minimum atomic E-state index is -1.19. The van der Waals surface area contributed by atoms with E-state index in [-0.39, 0.29) is 12.5 Å². The number of carbonyl (C=O) groups is 2. The largest absolute Gasteiger partial charge is 0.462 e. The number of aryl methyl sites for hydroxylation is 1. The molecule has 136 valence electrons. The fourth-order valence-electron chi connectivity index (χ4n) is 3.69. The molecule has 1 aromatic heterocycles. The maximum Gasteiger partial charge on any atom is 0.324 e. The molecule has 0 bridgehead atoms. The Kier molecular flexibility index (Phi) is 3.80. The molecule has 0 amide bonds. The van der Waals surface area contributed by atoms with Crippen LogP contribution in [0.2, 0.25) is 0 Å². The van der Waals surface area contributed by atoms with Crippen molar-refractivity contribution in [3.05, 3.63) is 40.9 Å². The van der Waals surface area contributed by atoms with Crippen molar-refractivity contribution in [3.63, 3.8) is 0 Å². The first-order chi connectivity index (χ1) is 12.3. The predicted octanol–water partition coefficient (Wildman–Crippen LogP) is 3.68. The highest BCUT2D eigenvalue weighted by Gasteiger charge is 2.65. The van der Waals surface area contributed by atoms with Gasteiger partial charge in [0.05, 0.1) is 5.69 Å². The lowest BCUT2D eigenvalue weighted by Crippen LogP contribution is -2.31. The van der Waals surface area contributed by atoms with Crippen molar-refractivity contribution >= 4 is 34.1 Å². The molecule has 2 fully saturated rings. The highest BCUT2D eigenvalue weighted by atomic mass is 32.1. The number of rotatable bonds is 3. The first kappa shape index (κ1) is 17.0. The van der Waals surface area contributed by atoms with Gasteiger partial charge in [0.2, 0.25) is 0 Å². The molecule has 1 N–H and O–H groups in total. The van der Waals surface area contributed by atoms with Crippen molar-refractivity contribution in [2.75, 3.05) is 5.32 Å². The molecule has 3 atom stereocenters. The maximum absolute atomic E-state index is 12.5. The van der Waals surface area contributed by atoms with Crippen molar-refractivity contribution in [1.29, 1.82) is 0 Å². The zero-order chi connectivity index (χ0) is 18.5. The number of hydrogen-bond donors (Lipinski definition) is 1. The van der Waals surface area contributed by atoms with Crippen molar-refractivity contribution in [1.82, 2.24) is 4.98 Å². The number of anilines is 2. The summed E-state index contributed by atoms with van der Waals surface area (Å²) in [5.41, 5.74) is 0.653. The number of ether oxygens (including phenoxy) is 2. The van der Waals surface area contributed by atoms with E-state index in [9.17, 15) is 9.59 Å². The number of thiazole rings is 1. The van der Waals surface area contributed by atoms with E-state index in [1.165, 1.54) is 16.9 Å². The SMILES string of the molecule is Cc1ccc(Nc2nc([C@@]3(C)C[C@@]4(C[C@H](C)OC4=O)C(=O)O3)cs2)cc1. The number of esters is 2. The van der Waals surface area contributed by atoms with Crippen LogP contribution in [0.25, 0.3) is 0 Å². The molecule has 0 saturated carbocycles. The predicted molar refractivity (Wildman–Crippen MR) is 97.2 cm³/mol. The fourth-order valence-corrected chi connectivity index (χ4v) is 4.54. The monoisotopic (exact) mass is 372 g/mol. The van der Waals surface area contributed by atoms with Gasteiger partial charge < -0.3 is 14.8 Å². The lowest BCUT2D eigenvalue weighted by molar-refractivity contribution is -0.160. The topological polar surface area (TPSA) is 77.5 Å². The van der Waals surface area contributed by atoms with Crippen LogP contribution in [-0.2, 0) is 24.7 Å². The Balaban J connectivity index is 1.56. The van der Waals surface area contributed by atoms with Crippen LogP contribution in [0.15, 0.2) is 29.6 Å². The molecule has 0 radical (unpaired) electrons. The Labute approximate surface area is 155 Å². The molecular formula is C19H20N2O4S. The first-order valence-corrected chi connectivity index (χ1v) is 9.43. The zero-order valence-corrected chi connectivity index (χ0v) is 15.7. The van der Waals surface area contributed by atoms with Crippen molar-refractivity contribution in [2.24, 2.45) is 5.41 Å². The molecule has 3 heterocycles. The van der Waals surface area contributed by atoms with Crippen LogP contribution in [0.3, 0.4) is 0 Å². The number of hydrogen-bond acceptors (Lipinski definition) is 7. The van der Waals surface area contributed by atoms with Crippen LogP contribution in [-0.4, -0.2) is 23.0 Å². The van der Waals surface area contributed by atoms with E-state index in [1.54, 1.807) is 13.8 Å². The lowest BCUT2D eigenvalue weighted by Gasteiger charge is -2.20. The van der Waals surface area contributed by atoms with Crippen LogP contribution in [0.1, 0.15) is 37.9 Å². The van der Waals surface area contributed by atoms with Crippen LogP contribution in [0.5, 0.6) is 0 Å². The van der Waals surface area contributed by atoms with E-state index >= 15 is 0 Å². The number of benzene rings is 1. The second kappa shape index (κ2) is 5.81. The summed E-state index contributed by atoms with van der Waals surface area (Å²) in [7, 11) is 0. The Morgan fingerprint density at radius 3 is 2.62 bits per heavy atom. The summed E-state index contributed by atoms with van der Waals surface area (Å²) in [5, 5.41) is 5.84. The second-order valence-electron chi connectivity index (χ2n) is 7.33. The maximum atomic E-state index is 12.5. The molecule has 4 rings (SSSR count). The minimum absolute atomic E-state index is 0.260. The number of nitrogens with one attached hydrogen (secondary N) is 1. The van der Waals surface area contributed by atoms with Gasteiger partial charge in [0, 0.05) is 23.9 Å². The number of aromatic nitrogens is 1. The van der Waals surface area contributed by atoms with Gasteiger partial charge in [0.15, 0.2) is 16.1 Å². The van der Waals surface area contributed by atoms with E-state index in [0.717, 1.165) is 5.69 Å². The average molecular weight is 372 g/mol.